The minimum Gasteiger partial charge on any atom is -0.493 e. The van der Waals surface area contributed by atoms with Gasteiger partial charge in [-0.05, 0) is 72.9 Å². The van der Waals surface area contributed by atoms with E-state index in [1.807, 2.05) is 0 Å². The van der Waals surface area contributed by atoms with E-state index in [-0.39, 0.29) is 0 Å². The quantitative estimate of drug-likeness (QED) is 0.838. The van der Waals surface area contributed by atoms with Crippen molar-refractivity contribution in [1.82, 2.24) is 4.90 Å². The van der Waals surface area contributed by atoms with Crippen LogP contribution in [0.1, 0.15) is 22.3 Å². The van der Waals surface area contributed by atoms with Crippen molar-refractivity contribution in [3.8, 4) is 11.5 Å². The highest BCUT2D eigenvalue weighted by Gasteiger charge is 2.21. The summed E-state index contributed by atoms with van der Waals surface area (Å²) in [5, 5.41) is 4.16. The predicted molar refractivity (Wildman–Crippen MR) is 106 cm³/mol. The molecule has 0 radical (unpaired) electrons. The van der Waals surface area contributed by atoms with Crippen LogP contribution in [-0.2, 0) is 13.0 Å². The summed E-state index contributed by atoms with van der Waals surface area (Å²) in [5.74, 6) is 1.54. The summed E-state index contributed by atoms with van der Waals surface area (Å²) >= 11 is 5.66. The monoisotopic (exact) mass is 356 g/mol. The second-order valence-electron chi connectivity index (χ2n) is 6.33. The van der Waals surface area contributed by atoms with Crippen LogP contribution >= 0.6 is 12.2 Å². The van der Waals surface area contributed by atoms with E-state index in [1.54, 1.807) is 14.2 Å². The fourth-order valence-corrected chi connectivity index (χ4v) is 3.40. The van der Waals surface area contributed by atoms with Gasteiger partial charge < -0.3 is 19.7 Å². The third kappa shape index (κ3) is 3.56. The van der Waals surface area contributed by atoms with E-state index in [4.69, 9.17) is 21.7 Å². The Balaban J connectivity index is 1.78. The topological polar surface area (TPSA) is 33.7 Å². The van der Waals surface area contributed by atoms with Crippen LogP contribution in [0.2, 0.25) is 0 Å². The lowest BCUT2D eigenvalue weighted by molar-refractivity contribution is 0.348. The van der Waals surface area contributed by atoms with Gasteiger partial charge in [0.15, 0.2) is 16.6 Å². The van der Waals surface area contributed by atoms with Gasteiger partial charge in [-0.2, -0.15) is 0 Å². The van der Waals surface area contributed by atoms with Crippen LogP contribution < -0.4 is 14.8 Å². The minimum absolute atomic E-state index is 0.758. The molecule has 5 heteroatoms. The van der Waals surface area contributed by atoms with Crippen LogP contribution in [0.3, 0.4) is 0 Å². The molecule has 1 aliphatic rings. The Morgan fingerprint density at radius 3 is 2.44 bits per heavy atom. The Morgan fingerprint density at radius 2 is 1.76 bits per heavy atom. The zero-order chi connectivity index (χ0) is 18.0. The Hall–Kier alpha value is -2.27. The van der Waals surface area contributed by atoms with E-state index in [2.05, 4.69) is 54.4 Å². The molecule has 132 valence electrons. The standard InChI is InChI=1S/C20H24N2O2S/c1-13-6-5-7-17(14(13)2)21-20(25)22-9-8-15-10-18(23-3)19(24-4)11-16(15)12-22/h5-7,10-11H,8-9,12H2,1-4H3,(H,21,25). The normalized spacial score (nSPS) is 13.2. The maximum Gasteiger partial charge on any atom is 0.173 e. The average Bonchev–Trinajstić information content (AvgIpc) is 2.63. The first-order chi connectivity index (χ1) is 12.0. The summed E-state index contributed by atoms with van der Waals surface area (Å²) in [7, 11) is 3.33. The molecule has 0 unspecified atom stereocenters. The maximum absolute atomic E-state index is 5.66. The van der Waals surface area contributed by atoms with Crippen molar-refractivity contribution >= 4 is 23.0 Å². The van der Waals surface area contributed by atoms with Crippen LogP contribution in [-0.4, -0.2) is 30.8 Å². The third-order valence-corrected chi connectivity index (χ3v) is 5.21. The molecular formula is C20H24N2O2S. The number of thiocarbonyl (C=S) groups is 1. The number of ether oxygens (including phenoxy) is 2. The highest BCUT2D eigenvalue weighted by Crippen LogP contribution is 2.33. The van der Waals surface area contributed by atoms with E-state index < -0.39 is 0 Å². The molecule has 2 aromatic carbocycles. The number of nitrogens with one attached hydrogen (secondary N) is 1. The van der Waals surface area contributed by atoms with Crippen molar-refractivity contribution in [3.05, 3.63) is 52.6 Å². The fraction of sp³-hybridized carbons (Fsp3) is 0.350. The van der Waals surface area contributed by atoms with Crippen molar-refractivity contribution in [1.29, 1.82) is 0 Å². The Labute approximate surface area is 154 Å². The van der Waals surface area contributed by atoms with E-state index in [0.29, 0.717) is 0 Å². The summed E-state index contributed by atoms with van der Waals surface area (Å²) in [6.07, 6.45) is 0.935. The summed E-state index contributed by atoms with van der Waals surface area (Å²) in [4.78, 5) is 2.20. The van der Waals surface area contributed by atoms with Gasteiger partial charge in [0.05, 0.1) is 14.2 Å². The van der Waals surface area contributed by atoms with Crippen molar-refractivity contribution in [2.45, 2.75) is 26.8 Å². The number of hydrogen-bond acceptors (Lipinski definition) is 3. The van der Waals surface area contributed by atoms with Gasteiger partial charge in [0.2, 0.25) is 0 Å². The number of methoxy groups -OCH3 is 2. The Kier molecular flexibility index (Phi) is 5.13. The van der Waals surface area contributed by atoms with Gasteiger partial charge in [0.1, 0.15) is 0 Å². The first kappa shape index (κ1) is 17.5. The van der Waals surface area contributed by atoms with Crippen LogP contribution in [0.4, 0.5) is 5.69 Å². The summed E-state index contributed by atoms with van der Waals surface area (Å²) in [6.45, 7) is 5.88. The SMILES string of the molecule is COc1cc2c(cc1OC)CN(C(=S)Nc1cccc(C)c1C)CC2. The summed E-state index contributed by atoms with van der Waals surface area (Å²) in [5.41, 5.74) is 6.09. The molecule has 0 aliphatic carbocycles. The molecular weight excluding hydrogens is 332 g/mol. The second-order valence-corrected chi connectivity index (χ2v) is 6.71. The van der Waals surface area contributed by atoms with Crippen LogP contribution in [0, 0.1) is 13.8 Å². The first-order valence-corrected chi connectivity index (χ1v) is 8.80. The number of anilines is 1. The lowest BCUT2D eigenvalue weighted by Crippen LogP contribution is -2.38. The molecule has 3 rings (SSSR count). The van der Waals surface area contributed by atoms with Crippen molar-refractivity contribution < 1.29 is 9.47 Å². The van der Waals surface area contributed by atoms with Gasteiger partial charge in [-0.25, -0.2) is 0 Å². The smallest absolute Gasteiger partial charge is 0.173 e. The number of nitrogens with zero attached hydrogens (tertiary/aromatic N) is 1. The van der Waals surface area contributed by atoms with Gasteiger partial charge >= 0.3 is 0 Å². The molecule has 0 spiro atoms. The van der Waals surface area contributed by atoms with Crippen molar-refractivity contribution in [2.24, 2.45) is 0 Å². The van der Waals surface area contributed by atoms with Crippen molar-refractivity contribution in [3.63, 3.8) is 0 Å². The molecule has 4 nitrogen and oxygen atoms in total. The van der Waals surface area contributed by atoms with E-state index in [9.17, 15) is 0 Å². The van der Waals surface area contributed by atoms with Gasteiger partial charge in [0, 0.05) is 18.8 Å². The van der Waals surface area contributed by atoms with Gasteiger partial charge in [-0.15, -0.1) is 0 Å². The largest absolute Gasteiger partial charge is 0.493 e. The third-order valence-electron chi connectivity index (χ3n) is 4.85. The second kappa shape index (κ2) is 7.31. The molecule has 0 saturated heterocycles. The molecule has 1 N–H and O–H groups in total. The average molecular weight is 356 g/mol. The molecule has 0 atom stereocenters. The van der Waals surface area contributed by atoms with E-state index in [0.717, 1.165) is 41.8 Å². The molecule has 0 fully saturated rings. The lowest BCUT2D eigenvalue weighted by Gasteiger charge is -2.32. The number of aryl methyl sites for hydroxylation is 1. The van der Waals surface area contributed by atoms with E-state index >= 15 is 0 Å². The molecule has 0 saturated carbocycles. The fourth-order valence-electron chi connectivity index (χ4n) is 3.14. The van der Waals surface area contributed by atoms with E-state index in [1.165, 1.54) is 22.3 Å². The molecule has 2 aromatic rings. The predicted octanol–water partition coefficient (Wildman–Crippen LogP) is 4.08. The summed E-state index contributed by atoms with van der Waals surface area (Å²) in [6, 6.07) is 10.4. The highest BCUT2D eigenvalue weighted by molar-refractivity contribution is 7.80. The molecule has 0 amide bonds. The van der Waals surface area contributed by atoms with Gasteiger partial charge in [-0.1, -0.05) is 12.1 Å². The maximum atomic E-state index is 5.66. The lowest BCUT2D eigenvalue weighted by atomic mass is 9.99. The van der Waals surface area contributed by atoms with Crippen LogP contribution in [0.5, 0.6) is 11.5 Å². The molecule has 0 bridgehead atoms. The molecule has 0 aromatic heterocycles. The minimum atomic E-state index is 0.758. The molecule has 25 heavy (non-hydrogen) atoms. The van der Waals surface area contributed by atoms with Gasteiger partial charge in [0.25, 0.3) is 0 Å². The molecule has 1 heterocycles. The zero-order valence-corrected chi connectivity index (χ0v) is 16.0. The number of hydrogen-bond donors (Lipinski definition) is 1. The Morgan fingerprint density at radius 1 is 1.08 bits per heavy atom. The van der Waals surface area contributed by atoms with Crippen LogP contribution in [0.15, 0.2) is 30.3 Å². The zero-order valence-electron chi connectivity index (χ0n) is 15.2. The number of rotatable bonds is 3. The number of benzene rings is 2. The van der Waals surface area contributed by atoms with Gasteiger partial charge in [-0.3, -0.25) is 0 Å². The Bertz CT molecular complexity index is 805. The first-order valence-electron chi connectivity index (χ1n) is 8.39. The summed E-state index contributed by atoms with van der Waals surface area (Å²) < 4.78 is 10.8. The molecule has 1 aliphatic heterocycles. The van der Waals surface area contributed by atoms with Crippen LogP contribution in [0.25, 0.3) is 0 Å². The van der Waals surface area contributed by atoms with Crippen molar-refractivity contribution in [2.75, 3.05) is 26.1 Å². The highest BCUT2D eigenvalue weighted by atomic mass is 32.1. The number of fused-ring (bicyclic) bond motifs is 1.